The third kappa shape index (κ3) is 5.18. The number of benzene rings is 1. The second-order valence-corrected chi connectivity index (χ2v) is 8.52. The Kier molecular flexibility index (Phi) is 6.07. The number of carbonyl (C=O) groups is 2. The molecule has 1 aromatic carbocycles. The summed E-state index contributed by atoms with van der Waals surface area (Å²) in [6.07, 6.45) is 1.44. The highest BCUT2D eigenvalue weighted by Gasteiger charge is 2.28. The fourth-order valence-corrected chi connectivity index (χ4v) is 3.17. The quantitative estimate of drug-likeness (QED) is 0.628. The molecule has 0 bridgehead atoms. The molecule has 0 fully saturated rings. The van der Waals surface area contributed by atoms with E-state index in [1.165, 1.54) is 38.3 Å². The first kappa shape index (κ1) is 20.7. The van der Waals surface area contributed by atoms with Crippen molar-refractivity contribution in [3.8, 4) is 0 Å². The van der Waals surface area contributed by atoms with Gasteiger partial charge in [-0.2, -0.15) is 0 Å². The van der Waals surface area contributed by atoms with Gasteiger partial charge in [0.15, 0.2) is 0 Å². The number of sulfonamides is 1. The Labute approximate surface area is 157 Å². The topological polar surface area (TPSA) is 126 Å². The summed E-state index contributed by atoms with van der Waals surface area (Å²) < 4.78 is 32.4. The van der Waals surface area contributed by atoms with Gasteiger partial charge in [0.25, 0.3) is 5.91 Å². The highest BCUT2D eigenvalue weighted by molar-refractivity contribution is 7.89. The summed E-state index contributed by atoms with van der Waals surface area (Å²) in [6, 6.07) is 7.48. The molecule has 27 heavy (non-hydrogen) atoms. The number of hydrogen-bond donors (Lipinski definition) is 3. The summed E-state index contributed by atoms with van der Waals surface area (Å²) >= 11 is 0. The summed E-state index contributed by atoms with van der Waals surface area (Å²) in [5.74, 6) is -1.12. The summed E-state index contributed by atoms with van der Waals surface area (Å²) in [5.41, 5.74) is -0.402. The van der Waals surface area contributed by atoms with Gasteiger partial charge in [-0.25, -0.2) is 13.1 Å². The number of carboxylic acid groups (broad SMARTS) is 1. The maximum Gasteiger partial charge on any atom is 0.310 e. The van der Waals surface area contributed by atoms with E-state index in [9.17, 15) is 18.0 Å². The third-order valence-electron chi connectivity index (χ3n) is 4.05. The van der Waals surface area contributed by atoms with Crippen LogP contribution >= 0.6 is 0 Å². The normalized spacial score (nSPS) is 12.0. The number of carbonyl (C=O) groups excluding carboxylic acids is 1. The van der Waals surface area contributed by atoms with E-state index in [0.29, 0.717) is 11.3 Å². The van der Waals surface area contributed by atoms with Crippen LogP contribution < -0.4 is 10.0 Å². The summed E-state index contributed by atoms with van der Waals surface area (Å²) in [5, 5.41) is 11.7. The molecular weight excluding hydrogens is 372 g/mol. The number of hydrogen-bond acceptors (Lipinski definition) is 5. The summed E-state index contributed by atoms with van der Waals surface area (Å²) in [6.45, 7) is 4.54. The van der Waals surface area contributed by atoms with E-state index in [2.05, 4.69) is 10.0 Å². The lowest BCUT2D eigenvalue weighted by atomic mass is 9.93. The van der Waals surface area contributed by atoms with Crippen molar-refractivity contribution in [2.45, 2.75) is 32.2 Å². The third-order valence-corrected chi connectivity index (χ3v) is 5.45. The zero-order valence-corrected chi connectivity index (χ0v) is 16.1. The lowest BCUT2D eigenvalue weighted by Crippen LogP contribution is -2.39. The second-order valence-electron chi connectivity index (χ2n) is 6.75. The van der Waals surface area contributed by atoms with E-state index in [0.717, 1.165) is 0 Å². The van der Waals surface area contributed by atoms with Crippen LogP contribution in [-0.4, -0.2) is 31.9 Å². The molecule has 1 amide bonds. The molecule has 2 rings (SSSR count). The van der Waals surface area contributed by atoms with Crippen molar-refractivity contribution >= 4 is 21.9 Å². The lowest BCUT2D eigenvalue weighted by molar-refractivity contribution is -0.146. The molecule has 1 heterocycles. The van der Waals surface area contributed by atoms with Crippen molar-refractivity contribution < 1.29 is 27.5 Å². The highest BCUT2D eigenvalue weighted by Crippen LogP contribution is 2.18. The average molecular weight is 394 g/mol. The molecule has 0 unspecified atom stereocenters. The Morgan fingerprint density at radius 2 is 1.93 bits per heavy atom. The average Bonchev–Trinajstić information content (AvgIpc) is 3.12. The van der Waals surface area contributed by atoms with Gasteiger partial charge in [0.1, 0.15) is 5.76 Å². The zero-order valence-electron chi connectivity index (χ0n) is 15.3. The largest absolute Gasteiger partial charge is 0.481 e. The van der Waals surface area contributed by atoms with Crippen molar-refractivity contribution in [2.75, 3.05) is 6.54 Å². The predicted octanol–water partition coefficient (Wildman–Crippen LogP) is 1.91. The first-order valence-electron chi connectivity index (χ1n) is 8.17. The number of carboxylic acids is 1. The van der Waals surface area contributed by atoms with E-state index in [1.54, 1.807) is 19.1 Å². The predicted molar refractivity (Wildman–Crippen MR) is 97.7 cm³/mol. The van der Waals surface area contributed by atoms with Crippen LogP contribution in [0.1, 0.15) is 35.5 Å². The molecule has 0 aliphatic rings. The van der Waals surface area contributed by atoms with Gasteiger partial charge in [-0.15, -0.1) is 0 Å². The van der Waals surface area contributed by atoms with Gasteiger partial charge in [0.05, 0.1) is 23.1 Å². The fourth-order valence-electron chi connectivity index (χ4n) is 2.15. The molecule has 0 radical (unpaired) electrons. The maximum absolute atomic E-state index is 12.5. The second kappa shape index (κ2) is 7.93. The van der Waals surface area contributed by atoms with E-state index < -0.39 is 27.3 Å². The smallest absolute Gasteiger partial charge is 0.310 e. The van der Waals surface area contributed by atoms with Gasteiger partial charge >= 0.3 is 5.97 Å². The first-order valence-corrected chi connectivity index (χ1v) is 9.65. The van der Waals surface area contributed by atoms with Crippen molar-refractivity contribution in [3.05, 3.63) is 53.5 Å². The molecule has 3 N–H and O–H groups in total. The van der Waals surface area contributed by atoms with Crippen LogP contribution in [0.25, 0.3) is 0 Å². The minimum Gasteiger partial charge on any atom is -0.481 e. The number of aryl methyl sites for hydroxylation is 1. The molecule has 146 valence electrons. The van der Waals surface area contributed by atoms with Crippen LogP contribution in [0.3, 0.4) is 0 Å². The van der Waals surface area contributed by atoms with E-state index >= 15 is 0 Å². The summed E-state index contributed by atoms with van der Waals surface area (Å²) in [7, 11) is -3.85. The minimum atomic E-state index is -3.85. The van der Waals surface area contributed by atoms with Gasteiger partial charge in [-0.3, -0.25) is 9.59 Å². The Morgan fingerprint density at radius 1 is 1.22 bits per heavy atom. The maximum atomic E-state index is 12.5. The lowest BCUT2D eigenvalue weighted by Gasteiger charge is -2.20. The molecule has 0 saturated heterocycles. The van der Waals surface area contributed by atoms with Gasteiger partial charge in [-0.05, 0) is 50.6 Å². The Bertz CT molecular complexity index is 933. The molecule has 2 aromatic rings. The number of rotatable bonds is 8. The molecule has 0 atom stereocenters. The molecule has 0 saturated carbocycles. The van der Waals surface area contributed by atoms with Gasteiger partial charge in [0.2, 0.25) is 10.0 Å². The minimum absolute atomic E-state index is 0.0163. The number of nitrogens with one attached hydrogen (secondary N) is 2. The van der Waals surface area contributed by atoms with E-state index in [1.807, 2.05) is 0 Å². The fraction of sp³-hybridized carbons (Fsp3) is 0.333. The SMILES string of the molecule is Cc1ccc(S(=O)(=O)NCc2ccco2)cc1C(=O)NCC(C)(C)C(=O)O. The van der Waals surface area contributed by atoms with Crippen LogP contribution in [-0.2, 0) is 21.4 Å². The molecule has 1 aromatic heterocycles. The van der Waals surface area contributed by atoms with Gasteiger partial charge in [-0.1, -0.05) is 6.07 Å². The molecule has 0 aliphatic carbocycles. The van der Waals surface area contributed by atoms with Gasteiger partial charge < -0.3 is 14.8 Å². The highest BCUT2D eigenvalue weighted by atomic mass is 32.2. The molecular formula is C18H22N2O6S. The first-order chi connectivity index (χ1) is 12.5. The van der Waals surface area contributed by atoms with E-state index in [4.69, 9.17) is 9.52 Å². The van der Waals surface area contributed by atoms with Crippen molar-refractivity contribution in [2.24, 2.45) is 5.41 Å². The Hall–Kier alpha value is -2.65. The Balaban J connectivity index is 2.17. The monoisotopic (exact) mass is 394 g/mol. The molecule has 0 aliphatic heterocycles. The molecule has 8 nitrogen and oxygen atoms in total. The Morgan fingerprint density at radius 3 is 2.52 bits per heavy atom. The van der Waals surface area contributed by atoms with Crippen LogP contribution in [0.15, 0.2) is 45.9 Å². The summed E-state index contributed by atoms with van der Waals surface area (Å²) in [4.78, 5) is 23.5. The molecule has 0 spiro atoms. The number of furan rings is 1. The van der Waals surface area contributed by atoms with Crippen molar-refractivity contribution in [3.63, 3.8) is 0 Å². The standard InChI is InChI=1S/C18H22N2O6S/c1-12-6-7-14(27(24,25)20-10-13-5-4-8-26-13)9-15(12)16(21)19-11-18(2,3)17(22)23/h4-9,20H,10-11H2,1-3H3,(H,19,21)(H,22,23). The van der Waals surface area contributed by atoms with Crippen LogP contribution in [0.2, 0.25) is 0 Å². The zero-order chi connectivity index (χ0) is 20.2. The molecule has 9 heteroatoms. The van der Waals surface area contributed by atoms with E-state index in [-0.39, 0.29) is 23.5 Å². The van der Waals surface area contributed by atoms with Crippen LogP contribution in [0.4, 0.5) is 0 Å². The van der Waals surface area contributed by atoms with Gasteiger partial charge in [0, 0.05) is 12.1 Å². The van der Waals surface area contributed by atoms with Crippen molar-refractivity contribution in [1.82, 2.24) is 10.0 Å². The van der Waals surface area contributed by atoms with Crippen LogP contribution in [0.5, 0.6) is 0 Å². The van der Waals surface area contributed by atoms with Crippen LogP contribution in [0, 0.1) is 12.3 Å². The van der Waals surface area contributed by atoms with Crippen molar-refractivity contribution in [1.29, 1.82) is 0 Å². The number of aliphatic carboxylic acids is 1. The number of amides is 1.